The number of aliphatic hydroxyl groups excluding tert-OH is 1. The molecule has 1 atom stereocenters. The molecule has 19 heavy (non-hydrogen) atoms. The van der Waals surface area contributed by atoms with E-state index in [0.29, 0.717) is 32.1 Å². The number of ether oxygens (including phenoxy) is 1. The maximum absolute atomic E-state index is 9.94. The summed E-state index contributed by atoms with van der Waals surface area (Å²) >= 11 is 0. The number of guanidine groups is 1. The molecule has 1 heterocycles. The molecule has 0 aromatic heterocycles. The molecule has 0 aliphatic carbocycles. The van der Waals surface area contributed by atoms with Crippen LogP contribution >= 0.6 is 0 Å². The zero-order valence-corrected chi connectivity index (χ0v) is 11.0. The Kier molecular flexibility index (Phi) is 5.18. The van der Waals surface area contributed by atoms with Gasteiger partial charge in [-0.05, 0) is 5.56 Å². The van der Waals surface area contributed by atoms with Crippen LogP contribution in [0.25, 0.3) is 0 Å². The Labute approximate surface area is 113 Å². The third-order valence-electron chi connectivity index (χ3n) is 3.11. The average molecular weight is 263 g/mol. The van der Waals surface area contributed by atoms with Crippen molar-refractivity contribution in [1.29, 1.82) is 0 Å². The molecule has 0 bridgehead atoms. The number of aliphatic hydroxyl groups is 1. The van der Waals surface area contributed by atoms with Gasteiger partial charge >= 0.3 is 0 Å². The summed E-state index contributed by atoms with van der Waals surface area (Å²) in [5, 5.41) is 9.94. The van der Waals surface area contributed by atoms with Crippen LogP contribution in [0.15, 0.2) is 35.3 Å². The standard InChI is InChI=1S/C14H21N3O2/c15-14(17-6-8-19-9-7-17)16-11-13(18)10-12-4-2-1-3-5-12/h1-5,13,18H,6-11H2,(H2,15,16). The fraction of sp³-hybridized carbons (Fsp3) is 0.500. The van der Waals surface area contributed by atoms with E-state index in [1.54, 1.807) is 0 Å². The molecule has 0 radical (unpaired) electrons. The highest BCUT2D eigenvalue weighted by Crippen LogP contribution is 2.04. The largest absolute Gasteiger partial charge is 0.391 e. The molecule has 2 rings (SSSR count). The van der Waals surface area contributed by atoms with Crippen molar-refractivity contribution in [2.45, 2.75) is 12.5 Å². The van der Waals surface area contributed by atoms with Crippen LogP contribution in [0.1, 0.15) is 5.56 Å². The van der Waals surface area contributed by atoms with Gasteiger partial charge in [-0.25, -0.2) is 0 Å². The SMILES string of the molecule is NC(=NCC(O)Cc1ccccc1)N1CCOCC1. The van der Waals surface area contributed by atoms with Gasteiger partial charge in [0.05, 0.1) is 25.9 Å². The van der Waals surface area contributed by atoms with Gasteiger partial charge in [0.25, 0.3) is 0 Å². The van der Waals surface area contributed by atoms with Crippen LogP contribution in [-0.2, 0) is 11.2 Å². The van der Waals surface area contributed by atoms with Crippen LogP contribution < -0.4 is 5.73 Å². The fourth-order valence-corrected chi connectivity index (χ4v) is 2.04. The minimum atomic E-state index is -0.498. The molecule has 1 fully saturated rings. The summed E-state index contributed by atoms with van der Waals surface area (Å²) in [5.74, 6) is 0.496. The Morgan fingerprint density at radius 3 is 2.68 bits per heavy atom. The molecule has 0 spiro atoms. The second-order valence-corrected chi connectivity index (χ2v) is 4.64. The van der Waals surface area contributed by atoms with E-state index in [9.17, 15) is 5.11 Å². The van der Waals surface area contributed by atoms with E-state index < -0.39 is 6.10 Å². The number of benzene rings is 1. The van der Waals surface area contributed by atoms with Gasteiger partial charge in [-0.1, -0.05) is 30.3 Å². The summed E-state index contributed by atoms with van der Waals surface area (Å²) in [6, 6.07) is 9.89. The molecule has 104 valence electrons. The minimum Gasteiger partial charge on any atom is -0.391 e. The second-order valence-electron chi connectivity index (χ2n) is 4.64. The third-order valence-corrected chi connectivity index (χ3v) is 3.11. The van der Waals surface area contributed by atoms with Gasteiger partial charge in [0.15, 0.2) is 5.96 Å². The molecular formula is C14H21N3O2. The normalized spacial score (nSPS) is 18.4. The Morgan fingerprint density at radius 1 is 1.32 bits per heavy atom. The summed E-state index contributed by atoms with van der Waals surface area (Å²) in [7, 11) is 0. The lowest BCUT2D eigenvalue weighted by molar-refractivity contribution is 0.0672. The van der Waals surface area contributed by atoms with Gasteiger partial charge in [0.1, 0.15) is 0 Å². The zero-order chi connectivity index (χ0) is 13.5. The van der Waals surface area contributed by atoms with E-state index in [0.717, 1.165) is 18.7 Å². The molecule has 1 aliphatic rings. The van der Waals surface area contributed by atoms with E-state index in [-0.39, 0.29) is 0 Å². The number of nitrogens with two attached hydrogens (primary N) is 1. The average Bonchev–Trinajstić information content (AvgIpc) is 2.47. The van der Waals surface area contributed by atoms with Crippen molar-refractivity contribution in [2.75, 3.05) is 32.8 Å². The van der Waals surface area contributed by atoms with E-state index >= 15 is 0 Å². The highest BCUT2D eigenvalue weighted by Gasteiger charge is 2.12. The highest BCUT2D eigenvalue weighted by molar-refractivity contribution is 5.78. The van der Waals surface area contributed by atoms with Crippen molar-refractivity contribution < 1.29 is 9.84 Å². The van der Waals surface area contributed by atoms with Crippen molar-refractivity contribution in [3.8, 4) is 0 Å². The first-order chi connectivity index (χ1) is 9.25. The zero-order valence-electron chi connectivity index (χ0n) is 11.0. The van der Waals surface area contributed by atoms with Crippen LogP contribution in [0.4, 0.5) is 0 Å². The molecule has 1 saturated heterocycles. The number of morpholine rings is 1. The van der Waals surface area contributed by atoms with Crippen LogP contribution in [0.3, 0.4) is 0 Å². The lowest BCUT2D eigenvalue weighted by atomic mass is 10.1. The fourth-order valence-electron chi connectivity index (χ4n) is 2.04. The number of rotatable bonds is 4. The summed E-state index contributed by atoms with van der Waals surface area (Å²) in [6.07, 6.45) is 0.0998. The maximum atomic E-state index is 9.94. The number of hydrogen-bond donors (Lipinski definition) is 2. The molecule has 3 N–H and O–H groups in total. The van der Waals surface area contributed by atoms with Gasteiger partial charge in [0.2, 0.25) is 0 Å². The molecule has 0 saturated carbocycles. The van der Waals surface area contributed by atoms with Gasteiger partial charge in [-0.3, -0.25) is 4.99 Å². The number of nitrogens with zero attached hydrogens (tertiary/aromatic N) is 2. The van der Waals surface area contributed by atoms with Crippen molar-refractivity contribution in [1.82, 2.24) is 4.90 Å². The number of hydrogen-bond acceptors (Lipinski definition) is 3. The second kappa shape index (κ2) is 7.11. The lowest BCUT2D eigenvalue weighted by Gasteiger charge is -2.27. The molecule has 1 aliphatic heterocycles. The highest BCUT2D eigenvalue weighted by atomic mass is 16.5. The maximum Gasteiger partial charge on any atom is 0.191 e. The Balaban J connectivity index is 1.80. The molecule has 1 unspecified atom stereocenters. The van der Waals surface area contributed by atoms with Crippen LogP contribution in [0.5, 0.6) is 0 Å². The monoisotopic (exact) mass is 263 g/mol. The molecule has 5 nitrogen and oxygen atoms in total. The molecular weight excluding hydrogens is 242 g/mol. The summed E-state index contributed by atoms with van der Waals surface area (Å²) < 4.78 is 5.25. The first-order valence-electron chi connectivity index (χ1n) is 6.60. The predicted molar refractivity (Wildman–Crippen MR) is 75.0 cm³/mol. The lowest BCUT2D eigenvalue weighted by Crippen LogP contribution is -2.45. The smallest absolute Gasteiger partial charge is 0.191 e. The van der Waals surface area contributed by atoms with E-state index in [4.69, 9.17) is 10.5 Å². The molecule has 0 amide bonds. The van der Waals surface area contributed by atoms with Crippen molar-refractivity contribution in [3.05, 3.63) is 35.9 Å². The van der Waals surface area contributed by atoms with Crippen molar-refractivity contribution >= 4 is 5.96 Å². The van der Waals surface area contributed by atoms with Gasteiger partial charge in [-0.2, -0.15) is 0 Å². The summed E-state index contributed by atoms with van der Waals surface area (Å²) in [5.41, 5.74) is 7.01. The van der Waals surface area contributed by atoms with Gasteiger partial charge in [-0.15, -0.1) is 0 Å². The summed E-state index contributed by atoms with van der Waals surface area (Å²) in [6.45, 7) is 3.23. The topological polar surface area (TPSA) is 71.1 Å². The van der Waals surface area contributed by atoms with E-state index in [1.165, 1.54) is 0 Å². The summed E-state index contributed by atoms with van der Waals surface area (Å²) in [4.78, 5) is 6.24. The quantitative estimate of drug-likeness (QED) is 0.603. The molecule has 1 aromatic rings. The van der Waals surface area contributed by atoms with Gasteiger partial charge in [0, 0.05) is 19.5 Å². The van der Waals surface area contributed by atoms with E-state index in [1.807, 2.05) is 35.2 Å². The Morgan fingerprint density at radius 2 is 2.00 bits per heavy atom. The Bertz CT molecular complexity index is 402. The van der Waals surface area contributed by atoms with Crippen LogP contribution in [-0.4, -0.2) is 54.9 Å². The van der Waals surface area contributed by atoms with Crippen LogP contribution in [0, 0.1) is 0 Å². The minimum absolute atomic E-state index is 0.331. The molecule has 5 heteroatoms. The predicted octanol–water partition coefficient (Wildman–Crippen LogP) is 0.237. The van der Waals surface area contributed by atoms with Gasteiger partial charge < -0.3 is 20.5 Å². The van der Waals surface area contributed by atoms with Crippen LogP contribution in [0.2, 0.25) is 0 Å². The van der Waals surface area contributed by atoms with E-state index in [2.05, 4.69) is 4.99 Å². The number of aliphatic imine (C=N–C) groups is 1. The third kappa shape index (κ3) is 4.54. The first kappa shape index (κ1) is 13.8. The molecule has 1 aromatic carbocycles. The Hall–Kier alpha value is -1.59. The first-order valence-corrected chi connectivity index (χ1v) is 6.60. The van der Waals surface area contributed by atoms with Crippen molar-refractivity contribution in [3.63, 3.8) is 0 Å². The van der Waals surface area contributed by atoms with Crippen molar-refractivity contribution in [2.24, 2.45) is 10.7 Å².